The Hall–Kier alpha value is -3.62. The molecule has 2 N–H and O–H groups in total. The second-order valence-corrected chi connectivity index (χ2v) is 6.69. The molecule has 0 bridgehead atoms. The Morgan fingerprint density at radius 2 is 2.04 bits per heavy atom. The molecule has 0 unspecified atom stereocenters. The number of aromatic nitrogens is 1. The van der Waals surface area contributed by atoms with Crippen molar-refractivity contribution in [2.24, 2.45) is 0 Å². The molecule has 1 aromatic carbocycles. The largest absolute Gasteiger partial charge is 0.456 e. The molecule has 0 fully saturated rings. The molecule has 1 atom stereocenters. The monoisotopic (exact) mass is 382 g/mol. The maximum atomic E-state index is 12.7. The van der Waals surface area contributed by atoms with Crippen molar-refractivity contribution in [1.29, 1.82) is 0 Å². The van der Waals surface area contributed by atoms with Gasteiger partial charge in [-0.05, 0) is 19.4 Å². The number of ether oxygens (including phenoxy) is 1. The number of hydrogen-bond acceptors (Lipinski definition) is 6. The van der Waals surface area contributed by atoms with Gasteiger partial charge in [0.15, 0.2) is 5.82 Å². The van der Waals surface area contributed by atoms with Crippen LogP contribution in [-0.2, 0) is 14.3 Å². The van der Waals surface area contributed by atoms with E-state index in [2.05, 4.69) is 15.8 Å². The van der Waals surface area contributed by atoms with Crippen LogP contribution < -0.4 is 10.6 Å². The minimum Gasteiger partial charge on any atom is -0.456 e. The van der Waals surface area contributed by atoms with Gasteiger partial charge in [-0.3, -0.25) is 9.69 Å². The number of hydrogen-bond donors (Lipinski definition) is 2. The normalized spacial score (nSPS) is 18.6. The third-order valence-electron chi connectivity index (χ3n) is 4.61. The fourth-order valence-electron chi connectivity index (χ4n) is 3.24. The number of carbonyl (C=O) groups excluding carboxylic acids is 3. The maximum absolute atomic E-state index is 12.7. The zero-order chi connectivity index (χ0) is 19.8. The number of carbonyl (C=O) groups is 3. The van der Waals surface area contributed by atoms with Crippen molar-refractivity contribution in [2.75, 3.05) is 18.5 Å². The van der Waals surface area contributed by atoms with Gasteiger partial charge in [0.05, 0.1) is 17.3 Å². The number of esters is 1. The average Bonchev–Trinajstić information content (AvgIpc) is 3.24. The van der Waals surface area contributed by atoms with Crippen LogP contribution in [-0.4, -0.2) is 41.1 Å². The van der Waals surface area contributed by atoms with E-state index in [9.17, 15) is 14.4 Å². The molecule has 2 aliphatic rings. The first-order valence-corrected chi connectivity index (χ1v) is 8.70. The van der Waals surface area contributed by atoms with E-state index in [1.807, 2.05) is 31.2 Å². The molecule has 28 heavy (non-hydrogen) atoms. The summed E-state index contributed by atoms with van der Waals surface area (Å²) in [7, 11) is 0. The van der Waals surface area contributed by atoms with Crippen molar-refractivity contribution in [2.45, 2.75) is 19.9 Å². The van der Waals surface area contributed by atoms with Crippen LogP contribution in [0.5, 0.6) is 0 Å². The molecule has 9 heteroatoms. The second-order valence-electron chi connectivity index (χ2n) is 6.69. The van der Waals surface area contributed by atoms with Crippen molar-refractivity contribution in [3.63, 3.8) is 0 Å². The highest BCUT2D eigenvalue weighted by Crippen LogP contribution is 2.35. The molecule has 0 aliphatic carbocycles. The van der Waals surface area contributed by atoms with Crippen LogP contribution in [0.3, 0.4) is 0 Å². The van der Waals surface area contributed by atoms with Crippen molar-refractivity contribution >= 4 is 23.7 Å². The van der Waals surface area contributed by atoms with Gasteiger partial charge >= 0.3 is 12.0 Å². The summed E-state index contributed by atoms with van der Waals surface area (Å²) in [5.74, 6) is -0.168. The van der Waals surface area contributed by atoms with Gasteiger partial charge in [0.2, 0.25) is 5.91 Å². The molecule has 1 aromatic heterocycles. The van der Waals surface area contributed by atoms with E-state index >= 15 is 0 Å². The van der Waals surface area contributed by atoms with E-state index in [0.717, 1.165) is 11.1 Å². The van der Waals surface area contributed by atoms with Gasteiger partial charge in [0.1, 0.15) is 18.9 Å². The summed E-state index contributed by atoms with van der Waals surface area (Å²) in [6.45, 7) is 3.31. The molecule has 0 radical (unpaired) electrons. The van der Waals surface area contributed by atoms with Crippen LogP contribution >= 0.6 is 0 Å². The summed E-state index contributed by atoms with van der Waals surface area (Å²) in [6.07, 6.45) is 0. The Bertz CT molecular complexity index is 992. The van der Waals surface area contributed by atoms with Gasteiger partial charge in [-0.2, -0.15) is 0 Å². The van der Waals surface area contributed by atoms with E-state index in [0.29, 0.717) is 17.0 Å². The number of nitrogens with one attached hydrogen (secondary N) is 2. The standard InChI is InChI=1S/C19H18N4O5/c1-10-3-5-12(6-4-10)17-16-13(9-27-18(16)25)23(19(26)21-17)8-15(24)20-14-7-11(2)28-22-14/h3-7,17H,8-9H2,1-2H3,(H,21,26)(H,20,22,24)/t17-/m1/s1. The zero-order valence-electron chi connectivity index (χ0n) is 15.3. The second kappa shape index (κ2) is 6.84. The third-order valence-corrected chi connectivity index (χ3v) is 4.61. The van der Waals surface area contributed by atoms with Crippen LogP contribution in [0.15, 0.2) is 46.1 Å². The topological polar surface area (TPSA) is 114 Å². The molecule has 0 spiro atoms. The minimum atomic E-state index is -0.615. The Balaban J connectivity index is 1.59. The van der Waals surface area contributed by atoms with E-state index in [1.54, 1.807) is 13.0 Å². The Morgan fingerprint density at radius 1 is 1.29 bits per heavy atom. The van der Waals surface area contributed by atoms with Crippen molar-refractivity contribution in [3.05, 3.63) is 58.5 Å². The molecular formula is C19H18N4O5. The first kappa shape index (κ1) is 17.8. The summed E-state index contributed by atoms with van der Waals surface area (Å²) in [5.41, 5.74) is 2.57. The first-order valence-electron chi connectivity index (χ1n) is 8.70. The van der Waals surface area contributed by atoms with Crippen LogP contribution in [0.25, 0.3) is 0 Å². The highest BCUT2D eigenvalue weighted by atomic mass is 16.5. The van der Waals surface area contributed by atoms with E-state index in [1.165, 1.54) is 4.90 Å². The Labute approximate surface area is 160 Å². The lowest BCUT2D eigenvalue weighted by atomic mass is 9.95. The molecule has 4 rings (SSSR count). The minimum absolute atomic E-state index is 0.0553. The number of benzene rings is 1. The molecule has 144 valence electrons. The average molecular weight is 382 g/mol. The first-order chi connectivity index (χ1) is 13.4. The van der Waals surface area contributed by atoms with E-state index in [4.69, 9.17) is 9.26 Å². The molecular weight excluding hydrogens is 364 g/mol. The number of amides is 3. The van der Waals surface area contributed by atoms with Crippen LogP contribution in [0.4, 0.5) is 10.6 Å². The quantitative estimate of drug-likeness (QED) is 0.780. The number of nitrogens with zero attached hydrogens (tertiary/aromatic N) is 2. The molecule has 3 heterocycles. The summed E-state index contributed by atoms with van der Waals surface area (Å²) in [6, 6.07) is 7.99. The summed E-state index contributed by atoms with van der Waals surface area (Å²) >= 11 is 0. The smallest absolute Gasteiger partial charge is 0.338 e. The highest BCUT2D eigenvalue weighted by molar-refractivity contribution is 5.99. The molecule has 3 amide bonds. The lowest BCUT2D eigenvalue weighted by molar-refractivity contribution is -0.136. The number of urea groups is 1. The van der Waals surface area contributed by atoms with Crippen LogP contribution in [0.1, 0.15) is 22.9 Å². The molecule has 9 nitrogen and oxygen atoms in total. The van der Waals surface area contributed by atoms with Gasteiger partial charge in [-0.15, -0.1) is 0 Å². The Kier molecular flexibility index (Phi) is 4.34. The summed E-state index contributed by atoms with van der Waals surface area (Å²) in [4.78, 5) is 38.5. The molecule has 0 saturated heterocycles. The number of aryl methyl sites for hydroxylation is 2. The Morgan fingerprint density at radius 3 is 2.71 bits per heavy atom. The third kappa shape index (κ3) is 3.22. The van der Waals surface area contributed by atoms with Gasteiger partial charge in [0.25, 0.3) is 0 Å². The predicted molar refractivity (Wildman–Crippen MR) is 97.0 cm³/mol. The predicted octanol–water partition coefficient (Wildman–Crippen LogP) is 1.81. The number of anilines is 1. The summed E-state index contributed by atoms with van der Waals surface area (Å²) in [5, 5.41) is 9.04. The van der Waals surface area contributed by atoms with Gasteiger partial charge < -0.3 is 19.9 Å². The van der Waals surface area contributed by atoms with Gasteiger partial charge in [-0.25, -0.2) is 9.59 Å². The van der Waals surface area contributed by atoms with Gasteiger partial charge in [-0.1, -0.05) is 35.0 Å². The molecule has 2 aromatic rings. The fraction of sp³-hybridized carbons (Fsp3) is 0.263. The summed E-state index contributed by atoms with van der Waals surface area (Å²) < 4.78 is 10.1. The fourth-order valence-corrected chi connectivity index (χ4v) is 3.24. The highest BCUT2D eigenvalue weighted by Gasteiger charge is 2.42. The van der Waals surface area contributed by atoms with Gasteiger partial charge in [0, 0.05) is 6.07 Å². The van der Waals surface area contributed by atoms with Crippen LogP contribution in [0, 0.1) is 13.8 Å². The van der Waals surface area contributed by atoms with Crippen LogP contribution in [0.2, 0.25) is 0 Å². The molecule has 2 aliphatic heterocycles. The zero-order valence-corrected chi connectivity index (χ0v) is 15.3. The van der Waals surface area contributed by atoms with Crippen molar-refractivity contribution in [1.82, 2.24) is 15.4 Å². The van der Waals surface area contributed by atoms with Crippen molar-refractivity contribution in [3.8, 4) is 0 Å². The maximum Gasteiger partial charge on any atom is 0.338 e. The molecule has 0 saturated carbocycles. The van der Waals surface area contributed by atoms with Crippen molar-refractivity contribution < 1.29 is 23.6 Å². The SMILES string of the molecule is Cc1ccc([C@H]2NC(=O)N(CC(=O)Nc3cc(C)on3)C3=C2C(=O)OC3)cc1. The lowest BCUT2D eigenvalue weighted by Crippen LogP contribution is -2.49. The number of cyclic esters (lactones) is 1. The van der Waals surface area contributed by atoms with E-state index < -0.39 is 23.9 Å². The van der Waals surface area contributed by atoms with E-state index in [-0.39, 0.29) is 19.0 Å². The number of rotatable bonds is 4. The lowest BCUT2D eigenvalue weighted by Gasteiger charge is -2.32.